The fourth-order valence-corrected chi connectivity index (χ4v) is 2.82. The van der Waals surface area contributed by atoms with E-state index < -0.39 is 0 Å². The van der Waals surface area contributed by atoms with Crippen LogP contribution in [0.1, 0.15) is 0 Å². The van der Waals surface area contributed by atoms with E-state index in [9.17, 15) is 0 Å². The summed E-state index contributed by atoms with van der Waals surface area (Å²) >= 11 is 1.66. The topological polar surface area (TPSA) is 22.1 Å². The second kappa shape index (κ2) is 4.63. The average molecular weight is 253 g/mol. The quantitative estimate of drug-likeness (QED) is 0.642. The molecule has 0 saturated heterocycles. The summed E-state index contributed by atoms with van der Waals surface area (Å²) in [5.74, 6) is 0.784. The van der Waals surface area contributed by atoms with Gasteiger partial charge in [0.1, 0.15) is 10.8 Å². The van der Waals surface area contributed by atoms with Gasteiger partial charge in [-0.15, -0.1) is 11.3 Å². The molecular formula is C15H11NOS. The molecule has 0 aliphatic heterocycles. The molecule has 0 amide bonds. The van der Waals surface area contributed by atoms with Crippen LogP contribution in [0.5, 0.6) is 5.75 Å². The van der Waals surface area contributed by atoms with Crippen LogP contribution >= 0.6 is 11.3 Å². The molecule has 0 saturated carbocycles. The number of rotatable bonds is 3. The van der Waals surface area contributed by atoms with E-state index in [-0.39, 0.29) is 0 Å². The summed E-state index contributed by atoms with van der Waals surface area (Å²) in [7, 11) is 0. The Morgan fingerprint density at radius 2 is 1.83 bits per heavy atom. The van der Waals surface area contributed by atoms with Gasteiger partial charge in [-0.05, 0) is 24.3 Å². The molecule has 3 aromatic rings. The van der Waals surface area contributed by atoms with Gasteiger partial charge in [0.05, 0.1) is 22.0 Å². The van der Waals surface area contributed by atoms with Crippen molar-refractivity contribution in [2.75, 3.05) is 0 Å². The first kappa shape index (κ1) is 11.0. The third-order valence-corrected chi connectivity index (χ3v) is 3.69. The summed E-state index contributed by atoms with van der Waals surface area (Å²) in [6.07, 6.45) is 1.44. The zero-order valence-corrected chi connectivity index (χ0v) is 10.5. The number of fused-ring (bicyclic) bond motifs is 1. The minimum absolute atomic E-state index is 0.784. The van der Waals surface area contributed by atoms with E-state index in [0.29, 0.717) is 0 Å². The number of ether oxygens (including phenoxy) is 1. The van der Waals surface area contributed by atoms with Crippen molar-refractivity contribution in [2.24, 2.45) is 0 Å². The van der Waals surface area contributed by atoms with Crippen LogP contribution in [-0.2, 0) is 0 Å². The van der Waals surface area contributed by atoms with Gasteiger partial charge in [-0.2, -0.15) is 0 Å². The Hall–Kier alpha value is -2.13. The molecule has 1 heterocycles. The molecular weight excluding hydrogens is 242 g/mol. The molecule has 0 N–H and O–H groups in total. The fourth-order valence-electron chi connectivity index (χ4n) is 1.82. The molecule has 3 heteroatoms. The Balaban J connectivity index is 2.16. The molecule has 0 atom stereocenters. The summed E-state index contributed by atoms with van der Waals surface area (Å²) in [5.41, 5.74) is 2.02. The van der Waals surface area contributed by atoms with Crippen LogP contribution < -0.4 is 4.74 Å². The SMILES string of the molecule is C=COc1ccccc1-c1nc2ccccc2s1. The number of benzene rings is 2. The van der Waals surface area contributed by atoms with E-state index in [2.05, 4.69) is 17.6 Å². The van der Waals surface area contributed by atoms with Gasteiger partial charge >= 0.3 is 0 Å². The summed E-state index contributed by atoms with van der Waals surface area (Å²) in [6, 6.07) is 16.0. The summed E-state index contributed by atoms with van der Waals surface area (Å²) in [4.78, 5) is 4.63. The molecule has 2 aromatic carbocycles. The molecule has 0 radical (unpaired) electrons. The standard InChI is InChI=1S/C15H11NOS/c1-2-17-13-9-5-3-7-11(13)15-16-12-8-4-6-10-14(12)18-15/h2-10H,1H2. The van der Waals surface area contributed by atoms with Crippen LogP contribution in [0.25, 0.3) is 20.8 Å². The van der Waals surface area contributed by atoms with Crippen molar-refractivity contribution < 1.29 is 4.74 Å². The van der Waals surface area contributed by atoms with Crippen molar-refractivity contribution >= 4 is 21.6 Å². The first-order chi connectivity index (χ1) is 8.88. The molecule has 2 nitrogen and oxygen atoms in total. The van der Waals surface area contributed by atoms with E-state index in [4.69, 9.17) is 4.74 Å². The van der Waals surface area contributed by atoms with Crippen LogP contribution in [0.4, 0.5) is 0 Å². The third kappa shape index (κ3) is 1.89. The minimum Gasteiger partial charge on any atom is -0.465 e. The normalized spacial score (nSPS) is 10.4. The maximum Gasteiger partial charge on any atom is 0.136 e. The Morgan fingerprint density at radius 1 is 1.06 bits per heavy atom. The van der Waals surface area contributed by atoms with Crippen molar-refractivity contribution in [3.63, 3.8) is 0 Å². The number of nitrogens with zero attached hydrogens (tertiary/aromatic N) is 1. The Bertz CT molecular complexity index is 669. The van der Waals surface area contributed by atoms with Gasteiger partial charge in [-0.3, -0.25) is 0 Å². The number of aromatic nitrogens is 1. The molecule has 0 aliphatic rings. The van der Waals surface area contributed by atoms with E-state index in [1.807, 2.05) is 42.5 Å². The van der Waals surface area contributed by atoms with E-state index in [0.717, 1.165) is 21.8 Å². The van der Waals surface area contributed by atoms with Gasteiger partial charge in [-0.1, -0.05) is 30.8 Å². The highest BCUT2D eigenvalue weighted by molar-refractivity contribution is 7.21. The van der Waals surface area contributed by atoms with E-state index >= 15 is 0 Å². The van der Waals surface area contributed by atoms with Crippen LogP contribution in [0.2, 0.25) is 0 Å². The van der Waals surface area contributed by atoms with Gasteiger partial charge in [-0.25, -0.2) is 4.98 Å². The predicted octanol–water partition coefficient (Wildman–Crippen LogP) is 4.49. The fraction of sp³-hybridized carbons (Fsp3) is 0. The molecule has 0 fully saturated rings. The zero-order chi connectivity index (χ0) is 12.4. The van der Waals surface area contributed by atoms with Gasteiger partial charge in [0.2, 0.25) is 0 Å². The number of hydrogen-bond acceptors (Lipinski definition) is 3. The van der Waals surface area contributed by atoms with Crippen LogP contribution in [0, 0.1) is 0 Å². The first-order valence-corrected chi connectivity index (χ1v) is 6.42. The lowest BCUT2D eigenvalue weighted by Gasteiger charge is -2.04. The predicted molar refractivity (Wildman–Crippen MR) is 75.9 cm³/mol. The molecule has 1 aromatic heterocycles. The van der Waals surface area contributed by atoms with Crippen LogP contribution in [0.3, 0.4) is 0 Å². The van der Waals surface area contributed by atoms with Gasteiger partial charge in [0.15, 0.2) is 0 Å². The lowest BCUT2D eigenvalue weighted by atomic mass is 10.2. The summed E-state index contributed by atoms with van der Waals surface area (Å²) in [5, 5.41) is 0.966. The molecule has 0 spiro atoms. The van der Waals surface area contributed by atoms with Crippen LogP contribution in [0.15, 0.2) is 61.4 Å². The molecule has 18 heavy (non-hydrogen) atoms. The van der Waals surface area contributed by atoms with Gasteiger partial charge in [0, 0.05) is 0 Å². The highest BCUT2D eigenvalue weighted by Gasteiger charge is 2.10. The van der Waals surface area contributed by atoms with Crippen molar-refractivity contribution in [2.45, 2.75) is 0 Å². The molecule has 0 aliphatic carbocycles. The lowest BCUT2D eigenvalue weighted by Crippen LogP contribution is -1.85. The minimum atomic E-state index is 0.784. The maximum absolute atomic E-state index is 5.42. The molecule has 3 rings (SSSR count). The number of hydrogen-bond donors (Lipinski definition) is 0. The molecule has 0 unspecified atom stereocenters. The van der Waals surface area contributed by atoms with E-state index in [1.54, 1.807) is 11.3 Å². The second-order valence-corrected chi connectivity index (χ2v) is 4.80. The first-order valence-electron chi connectivity index (χ1n) is 5.61. The van der Waals surface area contributed by atoms with Crippen molar-refractivity contribution in [3.8, 4) is 16.3 Å². The molecule has 0 bridgehead atoms. The Labute approximate surface area is 109 Å². The highest BCUT2D eigenvalue weighted by atomic mass is 32.1. The van der Waals surface area contributed by atoms with E-state index in [1.165, 1.54) is 11.0 Å². The zero-order valence-electron chi connectivity index (χ0n) is 9.67. The largest absolute Gasteiger partial charge is 0.465 e. The van der Waals surface area contributed by atoms with Crippen molar-refractivity contribution in [3.05, 3.63) is 61.4 Å². The number of para-hydroxylation sites is 2. The Morgan fingerprint density at radius 3 is 2.67 bits per heavy atom. The monoisotopic (exact) mass is 253 g/mol. The van der Waals surface area contributed by atoms with Crippen molar-refractivity contribution in [1.82, 2.24) is 4.98 Å². The highest BCUT2D eigenvalue weighted by Crippen LogP contribution is 2.35. The van der Waals surface area contributed by atoms with Crippen LogP contribution in [-0.4, -0.2) is 4.98 Å². The lowest BCUT2D eigenvalue weighted by molar-refractivity contribution is 0.485. The average Bonchev–Trinajstić information content (AvgIpc) is 2.83. The maximum atomic E-state index is 5.42. The van der Waals surface area contributed by atoms with Crippen molar-refractivity contribution in [1.29, 1.82) is 0 Å². The third-order valence-electron chi connectivity index (χ3n) is 2.62. The second-order valence-electron chi connectivity index (χ2n) is 3.77. The molecule has 88 valence electrons. The summed E-state index contributed by atoms with van der Waals surface area (Å²) in [6.45, 7) is 3.59. The van der Waals surface area contributed by atoms with Gasteiger partial charge < -0.3 is 4.74 Å². The summed E-state index contributed by atoms with van der Waals surface area (Å²) < 4.78 is 6.60. The Kier molecular flexibility index (Phi) is 2.82. The number of thiazole rings is 1. The smallest absolute Gasteiger partial charge is 0.136 e. The van der Waals surface area contributed by atoms with Gasteiger partial charge in [0.25, 0.3) is 0 Å².